The van der Waals surface area contributed by atoms with E-state index < -0.39 is 0 Å². The molecule has 1 fully saturated rings. The van der Waals surface area contributed by atoms with E-state index in [-0.39, 0.29) is 29.9 Å². The highest BCUT2D eigenvalue weighted by Gasteiger charge is 2.22. The molecule has 0 spiro atoms. The van der Waals surface area contributed by atoms with Crippen molar-refractivity contribution in [3.05, 3.63) is 66.4 Å². The minimum Gasteiger partial charge on any atom is -0.357 e. The van der Waals surface area contributed by atoms with Crippen molar-refractivity contribution in [2.75, 3.05) is 57.3 Å². The van der Waals surface area contributed by atoms with Crippen molar-refractivity contribution in [1.82, 2.24) is 20.1 Å². The number of carbonyl (C=O) groups is 1. The maximum absolute atomic E-state index is 12.7. The molecule has 1 saturated heterocycles. The number of hydrogen-bond acceptors (Lipinski definition) is 4. The molecule has 2 aliphatic rings. The normalized spacial score (nSPS) is 16.6. The average Bonchev–Trinajstić information content (AvgIpc) is 2.89. The number of nitrogens with one attached hydrogen (secondary N) is 1. The van der Waals surface area contributed by atoms with Crippen LogP contribution in [0.4, 0.5) is 5.82 Å². The van der Waals surface area contributed by atoms with Crippen LogP contribution in [0.25, 0.3) is 5.57 Å². The summed E-state index contributed by atoms with van der Waals surface area (Å²) >= 11 is 0. The molecule has 1 N–H and O–H groups in total. The molecular formula is C26H35IN6O. The minimum atomic E-state index is 0. The number of aliphatic imine (C=N–C) groups is 1. The fourth-order valence-corrected chi connectivity index (χ4v) is 4.34. The number of aromatic nitrogens is 1. The predicted octanol–water partition coefficient (Wildman–Crippen LogP) is 3.49. The molecular weight excluding hydrogens is 539 g/mol. The van der Waals surface area contributed by atoms with Crippen LogP contribution in [0.3, 0.4) is 0 Å². The van der Waals surface area contributed by atoms with Crippen LogP contribution in [0, 0.1) is 0 Å². The Balaban J connectivity index is 0.00000324. The molecule has 0 atom stereocenters. The van der Waals surface area contributed by atoms with Gasteiger partial charge in [-0.2, -0.15) is 0 Å². The van der Waals surface area contributed by atoms with Crippen molar-refractivity contribution in [1.29, 1.82) is 0 Å². The maximum Gasteiger partial charge on any atom is 0.224 e. The van der Waals surface area contributed by atoms with Crippen LogP contribution in [0.1, 0.15) is 25.3 Å². The molecule has 0 aliphatic carbocycles. The summed E-state index contributed by atoms with van der Waals surface area (Å²) in [6, 6.07) is 16.5. The number of hydrogen-bond donors (Lipinski definition) is 1. The van der Waals surface area contributed by atoms with E-state index in [4.69, 9.17) is 4.99 Å². The van der Waals surface area contributed by atoms with Gasteiger partial charge in [0.2, 0.25) is 5.91 Å². The van der Waals surface area contributed by atoms with Gasteiger partial charge in [-0.05, 0) is 36.6 Å². The van der Waals surface area contributed by atoms with Crippen LogP contribution in [0.15, 0.2) is 65.8 Å². The lowest BCUT2D eigenvalue weighted by atomic mass is 10.00. The van der Waals surface area contributed by atoms with Gasteiger partial charge in [0.25, 0.3) is 0 Å². The van der Waals surface area contributed by atoms with Crippen LogP contribution < -0.4 is 10.2 Å². The molecule has 2 aromatic rings. The van der Waals surface area contributed by atoms with Gasteiger partial charge in [0.1, 0.15) is 5.82 Å². The van der Waals surface area contributed by atoms with Gasteiger partial charge in [0.15, 0.2) is 5.96 Å². The second-order valence-electron chi connectivity index (χ2n) is 8.33. The zero-order chi connectivity index (χ0) is 22.9. The van der Waals surface area contributed by atoms with E-state index in [1.807, 2.05) is 29.3 Å². The second kappa shape index (κ2) is 13.3. The van der Waals surface area contributed by atoms with Gasteiger partial charge in [-0.25, -0.2) is 4.98 Å². The Morgan fingerprint density at radius 3 is 2.41 bits per heavy atom. The van der Waals surface area contributed by atoms with Crippen molar-refractivity contribution in [3.63, 3.8) is 0 Å². The zero-order valence-corrected chi connectivity index (χ0v) is 22.2. The SMILES string of the molecule is CCNC(=NCCC(=O)N1CCN(c2ccccn2)CC1)N1CC=C(c2ccccc2)CC1.I. The highest BCUT2D eigenvalue weighted by molar-refractivity contribution is 14.0. The number of rotatable bonds is 6. The second-order valence-corrected chi connectivity index (χ2v) is 8.33. The Bertz CT molecular complexity index is 958. The summed E-state index contributed by atoms with van der Waals surface area (Å²) in [5.41, 5.74) is 2.69. The fourth-order valence-electron chi connectivity index (χ4n) is 4.34. The lowest BCUT2D eigenvalue weighted by Gasteiger charge is -2.35. The molecule has 0 radical (unpaired) electrons. The molecule has 8 heteroatoms. The average molecular weight is 575 g/mol. The van der Waals surface area contributed by atoms with E-state index in [0.29, 0.717) is 13.0 Å². The third-order valence-corrected chi connectivity index (χ3v) is 6.18. The number of guanidine groups is 1. The van der Waals surface area contributed by atoms with E-state index in [1.165, 1.54) is 11.1 Å². The predicted molar refractivity (Wildman–Crippen MR) is 150 cm³/mol. The summed E-state index contributed by atoms with van der Waals surface area (Å²) in [4.78, 5) is 28.4. The molecule has 0 bridgehead atoms. The van der Waals surface area contributed by atoms with E-state index in [0.717, 1.165) is 64.0 Å². The minimum absolute atomic E-state index is 0. The van der Waals surface area contributed by atoms with Gasteiger partial charge in [-0.3, -0.25) is 9.79 Å². The maximum atomic E-state index is 12.7. The molecule has 1 aromatic carbocycles. The summed E-state index contributed by atoms with van der Waals surface area (Å²) < 4.78 is 0. The number of amides is 1. The Hall–Kier alpha value is -2.62. The first-order valence-corrected chi connectivity index (χ1v) is 12.0. The van der Waals surface area contributed by atoms with Gasteiger partial charge in [-0.1, -0.05) is 42.5 Å². The van der Waals surface area contributed by atoms with Crippen LogP contribution >= 0.6 is 24.0 Å². The Morgan fingerprint density at radius 2 is 1.76 bits per heavy atom. The number of nitrogens with zero attached hydrogens (tertiary/aromatic N) is 5. The third-order valence-electron chi connectivity index (χ3n) is 6.18. The van der Waals surface area contributed by atoms with Gasteiger partial charge in [0.05, 0.1) is 6.54 Å². The molecule has 1 amide bonds. The van der Waals surface area contributed by atoms with Gasteiger partial charge < -0.3 is 20.0 Å². The lowest BCUT2D eigenvalue weighted by Crippen LogP contribution is -2.49. The zero-order valence-electron chi connectivity index (χ0n) is 19.9. The first-order chi connectivity index (χ1) is 16.2. The van der Waals surface area contributed by atoms with E-state index in [9.17, 15) is 4.79 Å². The van der Waals surface area contributed by atoms with E-state index in [1.54, 1.807) is 0 Å². The van der Waals surface area contributed by atoms with Crippen molar-refractivity contribution >= 4 is 47.2 Å². The van der Waals surface area contributed by atoms with Crippen LogP contribution in [-0.2, 0) is 4.79 Å². The smallest absolute Gasteiger partial charge is 0.224 e. The summed E-state index contributed by atoms with van der Waals surface area (Å²) in [5.74, 6) is 2.06. The molecule has 0 saturated carbocycles. The number of piperazine rings is 1. The highest BCUT2D eigenvalue weighted by atomic mass is 127. The van der Waals surface area contributed by atoms with Crippen LogP contribution in [0.5, 0.6) is 0 Å². The molecule has 0 unspecified atom stereocenters. The molecule has 2 aliphatic heterocycles. The molecule has 7 nitrogen and oxygen atoms in total. The summed E-state index contributed by atoms with van der Waals surface area (Å²) in [6.07, 6.45) is 5.54. The highest BCUT2D eigenvalue weighted by Crippen LogP contribution is 2.22. The monoisotopic (exact) mass is 574 g/mol. The number of carbonyl (C=O) groups excluding carboxylic acids is 1. The van der Waals surface area contributed by atoms with Crippen molar-refractivity contribution in [2.24, 2.45) is 4.99 Å². The topological polar surface area (TPSA) is 64.1 Å². The quantitative estimate of drug-likeness (QED) is 0.325. The van der Waals surface area contributed by atoms with Crippen molar-refractivity contribution in [3.8, 4) is 0 Å². The third kappa shape index (κ3) is 6.94. The summed E-state index contributed by atoms with van der Waals surface area (Å²) in [7, 11) is 0. The van der Waals surface area contributed by atoms with Crippen molar-refractivity contribution < 1.29 is 4.79 Å². The first-order valence-electron chi connectivity index (χ1n) is 12.0. The van der Waals surface area contributed by atoms with Gasteiger partial charge in [0, 0.05) is 58.4 Å². The number of halogens is 1. The van der Waals surface area contributed by atoms with Crippen LogP contribution in [0.2, 0.25) is 0 Å². The number of anilines is 1. The van der Waals surface area contributed by atoms with Crippen molar-refractivity contribution in [2.45, 2.75) is 19.8 Å². The number of benzene rings is 1. The molecule has 3 heterocycles. The molecule has 182 valence electrons. The van der Waals surface area contributed by atoms with E-state index in [2.05, 4.69) is 63.4 Å². The summed E-state index contributed by atoms with van der Waals surface area (Å²) in [6.45, 7) is 8.27. The van der Waals surface area contributed by atoms with Gasteiger partial charge in [-0.15, -0.1) is 24.0 Å². The Labute approximate surface area is 220 Å². The fraction of sp³-hybridized carbons (Fsp3) is 0.423. The van der Waals surface area contributed by atoms with Gasteiger partial charge >= 0.3 is 0 Å². The Kier molecular flexibility index (Phi) is 10.2. The molecule has 1 aromatic heterocycles. The van der Waals surface area contributed by atoms with E-state index >= 15 is 0 Å². The Morgan fingerprint density at radius 1 is 1.00 bits per heavy atom. The summed E-state index contributed by atoms with van der Waals surface area (Å²) in [5, 5.41) is 3.39. The first kappa shape index (κ1) is 26.0. The standard InChI is InChI=1S/C26H34N6O.HI/c1-2-27-26(32-16-12-23(13-17-32)22-8-4-3-5-9-22)29-15-11-25(33)31-20-18-30(19-21-31)24-10-6-7-14-28-24;/h3-10,12,14H,2,11,13,15-21H2,1H3,(H,27,29);1H. The molecule has 4 rings (SSSR count). The largest absolute Gasteiger partial charge is 0.357 e. The van der Waals surface area contributed by atoms with Crippen LogP contribution in [-0.4, -0.2) is 79.0 Å². The molecule has 34 heavy (non-hydrogen) atoms. The lowest BCUT2D eigenvalue weighted by molar-refractivity contribution is -0.131. The number of pyridine rings is 1.